The zero-order valence-corrected chi connectivity index (χ0v) is 10.5. The van der Waals surface area contributed by atoms with E-state index in [1.54, 1.807) is 12.1 Å². The summed E-state index contributed by atoms with van der Waals surface area (Å²) in [7, 11) is 0. The maximum Gasteiger partial charge on any atom is 0.258 e. The lowest BCUT2D eigenvalue weighted by Crippen LogP contribution is -2.14. The zero-order chi connectivity index (χ0) is 13.1. The normalized spacial score (nSPS) is 10.2. The Hall–Kier alpha value is -1.65. The Balaban J connectivity index is 2.27. The van der Waals surface area contributed by atoms with Gasteiger partial charge in [0.15, 0.2) is 5.82 Å². The molecule has 0 aliphatic heterocycles. The van der Waals surface area contributed by atoms with E-state index < -0.39 is 11.7 Å². The third kappa shape index (κ3) is 2.78. The second kappa shape index (κ2) is 5.33. The number of nitrogens with zero attached hydrogens (tertiary/aromatic N) is 1. The third-order valence-corrected chi connectivity index (χ3v) is 2.76. The molecule has 3 nitrogen and oxygen atoms in total. The Kier molecular flexibility index (Phi) is 3.79. The van der Waals surface area contributed by atoms with Crippen molar-refractivity contribution in [2.75, 3.05) is 5.32 Å². The van der Waals surface area contributed by atoms with Crippen LogP contribution in [0.5, 0.6) is 0 Å². The number of hydrogen-bond acceptors (Lipinski definition) is 2. The molecule has 1 N–H and O–H groups in total. The van der Waals surface area contributed by atoms with Crippen LogP contribution < -0.4 is 5.32 Å². The average molecular weight is 285 g/mol. The number of amides is 1. The van der Waals surface area contributed by atoms with Crippen LogP contribution in [0.1, 0.15) is 10.4 Å². The van der Waals surface area contributed by atoms with Gasteiger partial charge in [-0.15, -0.1) is 0 Å². The lowest BCUT2D eigenvalue weighted by Gasteiger charge is -2.07. The number of benzene rings is 1. The molecule has 92 valence electrons. The molecule has 1 aromatic carbocycles. The molecule has 2 aromatic rings. The largest absolute Gasteiger partial charge is 0.320 e. The van der Waals surface area contributed by atoms with Crippen molar-refractivity contribution in [1.82, 2.24) is 4.98 Å². The van der Waals surface area contributed by atoms with Gasteiger partial charge in [0, 0.05) is 11.2 Å². The lowest BCUT2D eigenvalue weighted by atomic mass is 10.2. The zero-order valence-electron chi connectivity index (χ0n) is 8.95. The van der Waals surface area contributed by atoms with Gasteiger partial charge in [-0.3, -0.25) is 9.78 Å². The molecular weight excluding hydrogens is 278 g/mol. The van der Waals surface area contributed by atoms with Crippen molar-refractivity contribution in [3.63, 3.8) is 0 Å². The van der Waals surface area contributed by atoms with E-state index in [4.69, 9.17) is 23.2 Å². The Bertz CT molecular complexity index is 604. The maximum absolute atomic E-state index is 13.3. The molecule has 1 heterocycles. The molecule has 0 fully saturated rings. The Labute approximate surface area is 113 Å². The minimum absolute atomic E-state index is 0.110. The summed E-state index contributed by atoms with van der Waals surface area (Å²) in [6, 6.07) is 5.90. The SMILES string of the molecule is O=C(Nc1cc(Cl)ccc1Cl)c1ccncc1F. The first kappa shape index (κ1) is 12.8. The highest BCUT2D eigenvalue weighted by atomic mass is 35.5. The van der Waals surface area contributed by atoms with E-state index in [1.807, 2.05) is 0 Å². The number of halogens is 3. The van der Waals surface area contributed by atoms with Crippen molar-refractivity contribution in [3.8, 4) is 0 Å². The first-order chi connectivity index (χ1) is 8.58. The number of carbonyl (C=O) groups is 1. The number of carbonyl (C=O) groups excluding carboxylic acids is 1. The van der Waals surface area contributed by atoms with Gasteiger partial charge < -0.3 is 5.32 Å². The molecule has 18 heavy (non-hydrogen) atoms. The highest BCUT2D eigenvalue weighted by Crippen LogP contribution is 2.26. The van der Waals surface area contributed by atoms with Gasteiger partial charge in [0.25, 0.3) is 5.91 Å². The van der Waals surface area contributed by atoms with Crippen LogP contribution in [-0.2, 0) is 0 Å². The van der Waals surface area contributed by atoms with Gasteiger partial charge >= 0.3 is 0 Å². The number of anilines is 1. The Morgan fingerprint density at radius 2 is 2.06 bits per heavy atom. The van der Waals surface area contributed by atoms with Crippen LogP contribution in [0.3, 0.4) is 0 Å². The second-order valence-corrected chi connectivity index (χ2v) is 4.28. The fourth-order valence-electron chi connectivity index (χ4n) is 1.34. The van der Waals surface area contributed by atoms with E-state index in [0.717, 1.165) is 6.20 Å². The third-order valence-electron chi connectivity index (χ3n) is 2.19. The van der Waals surface area contributed by atoms with E-state index >= 15 is 0 Å². The molecule has 0 aliphatic rings. The molecular formula is C12H7Cl2FN2O. The van der Waals surface area contributed by atoms with Gasteiger partial charge in [-0.2, -0.15) is 0 Å². The van der Waals surface area contributed by atoms with Crippen LogP contribution in [0, 0.1) is 5.82 Å². The van der Waals surface area contributed by atoms with Crippen LogP contribution in [0.4, 0.5) is 10.1 Å². The summed E-state index contributed by atoms with van der Waals surface area (Å²) in [5.74, 6) is -1.31. The number of nitrogens with one attached hydrogen (secondary N) is 1. The Morgan fingerprint density at radius 3 is 2.78 bits per heavy atom. The summed E-state index contributed by atoms with van der Waals surface area (Å²) in [5, 5.41) is 3.23. The summed E-state index contributed by atoms with van der Waals surface area (Å²) < 4.78 is 13.3. The highest BCUT2D eigenvalue weighted by Gasteiger charge is 2.13. The Morgan fingerprint density at radius 1 is 1.28 bits per heavy atom. The predicted molar refractivity (Wildman–Crippen MR) is 68.6 cm³/mol. The molecule has 1 aromatic heterocycles. The van der Waals surface area contributed by atoms with Crippen molar-refractivity contribution in [1.29, 1.82) is 0 Å². The number of aromatic nitrogens is 1. The van der Waals surface area contributed by atoms with Crippen molar-refractivity contribution < 1.29 is 9.18 Å². The van der Waals surface area contributed by atoms with Gasteiger partial charge in [-0.25, -0.2) is 4.39 Å². The summed E-state index contributed by atoms with van der Waals surface area (Å²) in [5.41, 5.74) is 0.214. The van der Waals surface area contributed by atoms with Gasteiger partial charge in [0.2, 0.25) is 0 Å². The number of rotatable bonds is 2. The van der Waals surface area contributed by atoms with Gasteiger partial charge in [-0.05, 0) is 24.3 Å². The minimum atomic E-state index is -0.701. The van der Waals surface area contributed by atoms with Crippen LogP contribution >= 0.6 is 23.2 Å². The fourth-order valence-corrected chi connectivity index (χ4v) is 1.68. The quantitative estimate of drug-likeness (QED) is 0.912. The summed E-state index contributed by atoms with van der Waals surface area (Å²) >= 11 is 11.7. The first-order valence-electron chi connectivity index (χ1n) is 4.94. The molecule has 2 rings (SSSR count). The lowest BCUT2D eigenvalue weighted by molar-refractivity contribution is 0.102. The minimum Gasteiger partial charge on any atom is -0.320 e. The summed E-state index contributed by atoms with van der Waals surface area (Å²) in [6.45, 7) is 0. The average Bonchev–Trinajstić information content (AvgIpc) is 2.34. The molecule has 1 amide bonds. The van der Waals surface area contributed by atoms with Crippen LogP contribution in [0.25, 0.3) is 0 Å². The maximum atomic E-state index is 13.3. The number of hydrogen-bond donors (Lipinski definition) is 1. The molecule has 0 spiro atoms. The van der Waals surface area contributed by atoms with Gasteiger partial charge in [0.1, 0.15) is 0 Å². The fraction of sp³-hybridized carbons (Fsp3) is 0. The number of pyridine rings is 1. The van der Waals surface area contributed by atoms with Crippen molar-refractivity contribution in [2.45, 2.75) is 0 Å². The highest BCUT2D eigenvalue weighted by molar-refractivity contribution is 6.35. The first-order valence-corrected chi connectivity index (χ1v) is 5.69. The molecule has 0 atom stereocenters. The monoisotopic (exact) mass is 284 g/mol. The van der Waals surface area contributed by atoms with E-state index in [2.05, 4.69) is 10.3 Å². The van der Waals surface area contributed by atoms with Gasteiger partial charge in [0.05, 0.1) is 22.5 Å². The standard InChI is InChI=1S/C12H7Cl2FN2O/c13-7-1-2-9(14)11(5-7)17-12(18)8-3-4-16-6-10(8)15/h1-6H,(H,17,18). The molecule has 0 unspecified atom stereocenters. The molecule has 0 radical (unpaired) electrons. The van der Waals surface area contributed by atoms with E-state index in [0.29, 0.717) is 15.7 Å². The smallest absolute Gasteiger partial charge is 0.258 e. The van der Waals surface area contributed by atoms with E-state index in [9.17, 15) is 9.18 Å². The van der Waals surface area contributed by atoms with Crippen LogP contribution in [0.15, 0.2) is 36.7 Å². The predicted octanol–water partition coefficient (Wildman–Crippen LogP) is 3.78. The van der Waals surface area contributed by atoms with Crippen LogP contribution in [-0.4, -0.2) is 10.9 Å². The molecule has 0 saturated heterocycles. The molecule has 0 bridgehead atoms. The second-order valence-electron chi connectivity index (χ2n) is 3.43. The van der Waals surface area contributed by atoms with Gasteiger partial charge in [-0.1, -0.05) is 23.2 Å². The van der Waals surface area contributed by atoms with E-state index in [1.165, 1.54) is 18.3 Å². The molecule has 0 aliphatic carbocycles. The molecule has 0 saturated carbocycles. The molecule has 6 heteroatoms. The topological polar surface area (TPSA) is 42.0 Å². The van der Waals surface area contributed by atoms with Crippen molar-refractivity contribution in [2.24, 2.45) is 0 Å². The summed E-state index contributed by atoms with van der Waals surface area (Å²) in [4.78, 5) is 15.4. The van der Waals surface area contributed by atoms with Crippen molar-refractivity contribution >= 4 is 34.8 Å². The summed E-state index contributed by atoms with van der Waals surface area (Å²) in [6.07, 6.45) is 2.30. The van der Waals surface area contributed by atoms with E-state index in [-0.39, 0.29) is 5.56 Å². The van der Waals surface area contributed by atoms with Crippen molar-refractivity contribution in [3.05, 3.63) is 58.1 Å². The van der Waals surface area contributed by atoms with Crippen LogP contribution in [0.2, 0.25) is 10.0 Å².